The highest BCUT2D eigenvalue weighted by Gasteiger charge is 2.38. The Balaban J connectivity index is 1.67. The molecule has 0 unspecified atom stereocenters. The molecule has 2 fully saturated rings. The molecule has 1 saturated heterocycles. The smallest absolute Gasteiger partial charge is 0.332 e. The van der Waals surface area contributed by atoms with E-state index in [1.807, 2.05) is 12.1 Å². The maximum Gasteiger partial charge on any atom is 0.332 e. The van der Waals surface area contributed by atoms with Crippen LogP contribution in [0.4, 0.5) is 0 Å². The lowest BCUT2D eigenvalue weighted by Gasteiger charge is -2.38. The lowest BCUT2D eigenvalue weighted by Crippen LogP contribution is -2.45. The van der Waals surface area contributed by atoms with Crippen molar-refractivity contribution in [1.29, 1.82) is 0 Å². The van der Waals surface area contributed by atoms with E-state index in [1.165, 1.54) is 12.0 Å². The van der Waals surface area contributed by atoms with Crippen LogP contribution < -0.4 is 10.1 Å². The molecule has 0 aromatic heterocycles. The van der Waals surface area contributed by atoms with Gasteiger partial charge < -0.3 is 19.9 Å². The fourth-order valence-electron chi connectivity index (χ4n) is 4.12. The number of carbonyl (C=O) groups excluding carboxylic acids is 1. The number of methoxy groups -OCH3 is 1. The topological polar surface area (TPSA) is 84.9 Å². The number of hydrogen-bond acceptors (Lipinski definition) is 4. The molecular formula is C20H27NO5. The van der Waals surface area contributed by atoms with Gasteiger partial charge >= 0.3 is 5.97 Å². The van der Waals surface area contributed by atoms with Crippen LogP contribution in [0.2, 0.25) is 0 Å². The fraction of sp³-hybridized carbons (Fsp3) is 0.600. The molecule has 26 heavy (non-hydrogen) atoms. The van der Waals surface area contributed by atoms with Gasteiger partial charge in [0, 0.05) is 12.0 Å². The monoisotopic (exact) mass is 361 g/mol. The zero-order valence-electron chi connectivity index (χ0n) is 15.2. The molecule has 6 nitrogen and oxygen atoms in total. The molecule has 2 aliphatic rings. The second kappa shape index (κ2) is 8.08. The van der Waals surface area contributed by atoms with E-state index >= 15 is 0 Å². The van der Waals surface area contributed by atoms with Crippen LogP contribution >= 0.6 is 0 Å². The van der Waals surface area contributed by atoms with Crippen molar-refractivity contribution in [3.05, 3.63) is 29.8 Å². The molecule has 1 aliphatic heterocycles. The van der Waals surface area contributed by atoms with Gasteiger partial charge in [-0.15, -0.1) is 0 Å². The van der Waals surface area contributed by atoms with Crippen LogP contribution in [0.3, 0.4) is 0 Å². The van der Waals surface area contributed by atoms with Crippen LogP contribution in [0.15, 0.2) is 24.3 Å². The summed E-state index contributed by atoms with van der Waals surface area (Å²) in [6, 6.07) is 8.10. The van der Waals surface area contributed by atoms with E-state index in [0.29, 0.717) is 19.4 Å². The van der Waals surface area contributed by atoms with Crippen molar-refractivity contribution in [3.63, 3.8) is 0 Å². The number of hydrogen-bond donors (Lipinski definition) is 2. The average Bonchev–Trinajstić information content (AvgIpc) is 3.18. The zero-order chi connectivity index (χ0) is 18.6. The number of carbonyl (C=O) groups is 2. The molecule has 142 valence electrons. The summed E-state index contributed by atoms with van der Waals surface area (Å²) in [5.74, 6) is -0.377. The number of carboxylic acids is 1. The number of ether oxygens (including phenoxy) is 2. The molecular weight excluding hydrogens is 334 g/mol. The summed E-state index contributed by atoms with van der Waals surface area (Å²) < 4.78 is 10.6. The molecule has 0 bridgehead atoms. The van der Waals surface area contributed by atoms with Crippen LogP contribution in [0, 0.1) is 0 Å². The van der Waals surface area contributed by atoms with E-state index in [9.17, 15) is 9.59 Å². The van der Waals surface area contributed by atoms with E-state index in [4.69, 9.17) is 14.6 Å². The molecule has 1 aromatic rings. The summed E-state index contributed by atoms with van der Waals surface area (Å²) in [6.07, 6.45) is 4.88. The second-order valence-corrected chi connectivity index (χ2v) is 7.32. The maximum atomic E-state index is 12.5. The lowest BCUT2D eigenvalue weighted by atomic mass is 9.69. The number of rotatable bonds is 6. The van der Waals surface area contributed by atoms with Gasteiger partial charge in [0.15, 0.2) is 6.10 Å². The minimum Gasteiger partial charge on any atom is -0.497 e. The predicted molar refractivity (Wildman–Crippen MR) is 96.3 cm³/mol. The van der Waals surface area contributed by atoms with Crippen molar-refractivity contribution in [2.45, 2.75) is 62.6 Å². The maximum absolute atomic E-state index is 12.5. The molecule has 1 aliphatic carbocycles. The summed E-state index contributed by atoms with van der Waals surface area (Å²) in [4.78, 5) is 23.5. The molecule has 1 aromatic carbocycles. The van der Waals surface area contributed by atoms with Crippen LogP contribution in [0.1, 0.15) is 50.5 Å². The number of benzene rings is 1. The van der Waals surface area contributed by atoms with E-state index in [2.05, 4.69) is 17.4 Å². The fourth-order valence-corrected chi connectivity index (χ4v) is 4.12. The highest BCUT2D eigenvalue weighted by Crippen LogP contribution is 2.39. The minimum absolute atomic E-state index is 0.0784. The summed E-state index contributed by atoms with van der Waals surface area (Å²) in [5, 5.41) is 12.0. The largest absolute Gasteiger partial charge is 0.497 e. The highest BCUT2D eigenvalue weighted by molar-refractivity contribution is 5.82. The first kappa shape index (κ1) is 18.7. The number of carboxylic acid groups (broad SMARTS) is 1. The Bertz CT molecular complexity index is 636. The number of aliphatic carboxylic acids is 1. The highest BCUT2D eigenvalue weighted by atomic mass is 16.5. The normalized spacial score (nSPS) is 24.8. The Morgan fingerprint density at radius 2 is 1.81 bits per heavy atom. The first-order chi connectivity index (χ1) is 12.5. The van der Waals surface area contributed by atoms with E-state index in [-0.39, 0.29) is 11.3 Å². The Morgan fingerprint density at radius 3 is 2.38 bits per heavy atom. The van der Waals surface area contributed by atoms with Gasteiger partial charge in [-0.2, -0.15) is 0 Å². The standard InChI is InChI=1S/C20H27NO5/c1-25-15-7-5-14(6-8-15)20(11-3-2-4-12-20)13-21-18(22)16-9-10-17(26-16)19(23)24/h5-8,16-17H,2-4,9-13H2,1H3,(H,21,22)(H,23,24)/t16-,17+/m0/s1. The summed E-state index contributed by atoms with van der Waals surface area (Å²) >= 11 is 0. The van der Waals surface area contributed by atoms with Crippen molar-refractivity contribution >= 4 is 11.9 Å². The van der Waals surface area contributed by atoms with E-state index in [1.54, 1.807) is 7.11 Å². The third-order valence-electron chi connectivity index (χ3n) is 5.70. The third-order valence-corrected chi connectivity index (χ3v) is 5.70. The minimum atomic E-state index is -0.998. The van der Waals surface area contributed by atoms with Crippen LogP contribution in [0.5, 0.6) is 5.75 Å². The van der Waals surface area contributed by atoms with Gasteiger partial charge in [-0.3, -0.25) is 4.79 Å². The first-order valence-corrected chi connectivity index (χ1v) is 9.35. The zero-order valence-corrected chi connectivity index (χ0v) is 15.2. The van der Waals surface area contributed by atoms with Crippen molar-refractivity contribution in [2.24, 2.45) is 0 Å². The van der Waals surface area contributed by atoms with Gasteiger partial charge in [0.25, 0.3) is 0 Å². The van der Waals surface area contributed by atoms with E-state index in [0.717, 1.165) is 31.4 Å². The summed E-state index contributed by atoms with van der Waals surface area (Å²) in [5.41, 5.74) is 1.14. The van der Waals surface area contributed by atoms with Gasteiger partial charge in [0.1, 0.15) is 11.9 Å². The quantitative estimate of drug-likeness (QED) is 0.814. The molecule has 2 N–H and O–H groups in total. The van der Waals surface area contributed by atoms with Gasteiger partial charge in [-0.05, 0) is 43.4 Å². The molecule has 1 saturated carbocycles. The van der Waals surface area contributed by atoms with Crippen molar-refractivity contribution in [2.75, 3.05) is 13.7 Å². The Kier molecular flexibility index (Phi) is 5.81. The van der Waals surface area contributed by atoms with Crippen LogP contribution in [-0.4, -0.2) is 42.8 Å². The number of amides is 1. The molecule has 6 heteroatoms. The van der Waals surface area contributed by atoms with Crippen molar-refractivity contribution in [1.82, 2.24) is 5.32 Å². The molecule has 2 atom stereocenters. The van der Waals surface area contributed by atoms with Crippen molar-refractivity contribution < 1.29 is 24.2 Å². The molecule has 3 rings (SSSR count). The van der Waals surface area contributed by atoms with Gasteiger partial charge in [-0.1, -0.05) is 31.4 Å². The summed E-state index contributed by atoms with van der Waals surface area (Å²) in [7, 11) is 1.65. The number of nitrogens with one attached hydrogen (secondary N) is 1. The molecule has 0 spiro atoms. The third kappa shape index (κ3) is 4.01. The van der Waals surface area contributed by atoms with E-state index < -0.39 is 18.2 Å². The lowest BCUT2D eigenvalue weighted by molar-refractivity contribution is -0.151. The Hall–Kier alpha value is -2.08. The van der Waals surface area contributed by atoms with Gasteiger partial charge in [0.05, 0.1) is 7.11 Å². The average molecular weight is 361 g/mol. The predicted octanol–water partition coefficient (Wildman–Crippen LogP) is 2.65. The Labute approximate surface area is 153 Å². The Morgan fingerprint density at radius 1 is 1.15 bits per heavy atom. The molecule has 1 amide bonds. The summed E-state index contributed by atoms with van der Waals surface area (Å²) in [6.45, 7) is 0.551. The first-order valence-electron chi connectivity index (χ1n) is 9.35. The molecule has 1 heterocycles. The molecule has 0 radical (unpaired) electrons. The van der Waals surface area contributed by atoms with Gasteiger partial charge in [0.2, 0.25) is 5.91 Å². The van der Waals surface area contributed by atoms with Gasteiger partial charge in [-0.25, -0.2) is 4.79 Å². The van der Waals surface area contributed by atoms with Crippen LogP contribution in [-0.2, 0) is 19.7 Å². The second-order valence-electron chi connectivity index (χ2n) is 7.32. The van der Waals surface area contributed by atoms with Crippen molar-refractivity contribution in [3.8, 4) is 5.75 Å². The SMILES string of the molecule is COc1ccc(C2(CNC(=O)[C@@H]3CC[C@H](C(=O)O)O3)CCCCC2)cc1. The van der Waals surface area contributed by atoms with Crippen LogP contribution in [0.25, 0.3) is 0 Å².